The van der Waals surface area contributed by atoms with E-state index in [2.05, 4.69) is 20.9 Å². The molecule has 0 bridgehead atoms. The zero-order chi connectivity index (χ0) is 26.0. The van der Waals surface area contributed by atoms with Crippen LogP contribution in [0.3, 0.4) is 0 Å². The second kappa shape index (κ2) is 10.6. The minimum atomic E-state index is -1.48. The van der Waals surface area contributed by atoms with E-state index in [-0.39, 0.29) is 29.8 Å². The number of alkyl carbamates (subject to hydrolysis) is 1. The van der Waals surface area contributed by atoms with Crippen LogP contribution in [0.5, 0.6) is 0 Å². The average Bonchev–Trinajstić information content (AvgIpc) is 3.39. The highest BCUT2D eigenvalue weighted by Gasteiger charge is 2.40. The number of amides is 1. The number of carbonyl (C=O) groups excluding carboxylic acids is 2. The Kier molecular flexibility index (Phi) is 8.21. The molecular weight excluding hydrogens is 454 g/mol. The summed E-state index contributed by atoms with van der Waals surface area (Å²) in [7, 11) is 0. The largest absolute Gasteiger partial charge is 0.480 e. The summed E-state index contributed by atoms with van der Waals surface area (Å²) in [6.45, 7) is 8.65. The molecule has 2 aliphatic rings. The molecule has 1 aromatic heterocycles. The number of nitrogens with zero attached hydrogens (tertiary/aromatic N) is 3. The first kappa shape index (κ1) is 27.1. The monoisotopic (exact) mass is 493 g/mol. The van der Waals surface area contributed by atoms with Crippen molar-refractivity contribution in [1.29, 1.82) is 0 Å². The SMILES string of the molecule is CC(C)(C)OC(=O)N[C@@H](CC1CCCCC1)C(=O)c1nnn([C@@H]2CN[C@H](C(=O)O)C2)c1C(C)(C)O. The molecule has 1 aliphatic carbocycles. The van der Waals surface area contributed by atoms with E-state index < -0.39 is 41.1 Å². The maximum atomic E-state index is 13.8. The maximum Gasteiger partial charge on any atom is 0.408 e. The molecule has 1 saturated heterocycles. The van der Waals surface area contributed by atoms with Gasteiger partial charge in [-0.05, 0) is 53.4 Å². The van der Waals surface area contributed by atoms with Gasteiger partial charge in [-0.25, -0.2) is 9.48 Å². The van der Waals surface area contributed by atoms with E-state index in [0.717, 1.165) is 25.7 Å². The van der Waals surface area contributed by atoms with Crippen molar-refractivity contribution in [3.63, 3.8) is 0 Å². The highest BCUT2D eigenvalue weighted by Crippen LogP contribution is 2.32. The molecule has 1 amide bonds. The lowest BCUT2D eigenvalue weighted by Crippen LogP contribution is -2.45. The Labute approximate surface area is 206 Å². The first-order valence-corrected chi connectivity index (χ1v) is 12.4. The summed E-state index contributed by atoms with van der Waals surface area (Å²) in [5.41, 5.74) is -2.01. The van der Waals surface area contributed by atoms with Crippen LogP contribution in [0.15, 0.2) is 0 Å². The van der Waals surface area contributed by atoms with Gasteiger partial charge in [0.25, 0.3) is 0 Å². The van der Waals surface area contributed by atoms with Gasteiger partial charge in [0.05, 0.1) is 12.1 Å². The zero-order valence-corrected chi connectivity index (χ0v) is 21.3. The molecule has 3 atom stereocenters. The van der Waals surface area contributed by atoms with Crippen LogP contribution < -0.4 is 10.6 Å². The standard InChI is InChI=1S/C24H39N5O6/c1-23(2,3)35-22(33)26-16(11-14-9-7-6-8-10-14)19(30)18-20(24(4,5)34)29(28-27-18)15-12-17(21(31)32)25-13-15/h14-17,25,34H,6-13H2,1-5H3,(H,26,33)(H,31,32)/t15-,16-,17-/m0/s1. The van der Waals surface area contributed by atoms with Crippen molar-refractivity contribution in [2.75, 3.05) is 6.54 Å². The summed E-state index contributed by atoms with van der Waals surface area (Å²) in [5, 5.41) is 34.2. The molecule has 11 heteroatoms. The lowest BCUT2D eigenvalue weighted by Gasteiger charge is -2.28. The van der Waals surface area contributed by atoms with Gasteiger partial charge in [0.2, 0.25) is 5.78 Å². The van der Waals surface area contributed by atoms with E-state index in [9.17, 15) is 24.6 Å². The minimum absolute atomic E-state index is 0.0202. The normalized spacial score (nSPS) is 22.6. The van der Waals surface area contributed by atoms with Crippen molar-refractivity contribution >= 4 is 17.8 Å². The molecule has 2 fully saturated rings. The third kappa shape index (κ3) is 7.00. The van der Waals surface area contributed by atoms with Crippen LogP contribution in [0, 0.1) is 5.92 Å². The van der Waals surface area contributed by atoms with Gasteiger partial charge < -0.3 is 25.6 Å². The fourth-order valence-corrected chi connectivity index (χ4v) is 4.98. The predicted molar refractivity (Wildman–Crippen MR) is 127 cm³/mol. The number of carboxylic acid groups (broad SMARTS) is 1. The predicted octanol–water partition coefficient (Wildman–Crippen LogP) is 2.54. The van der Waals surface area contributed by atoms with Gasteiger partial charge in [-0.1, -0.05) is 37.3 Å². The van der Waals surface area contributed by atoms with Crippen molar-refractivity contribution in [2.24, 2.45) is 5.92 Å². The van der Waals surface area contributed by atoms with Gasteiger partial charge in [0.1, 0.15) is 22.9 Å². The first-order chi connectivity index (χ1) is 16.3. The number of carbonyl (C=O) groups is 3. The van der Waals surface area contributed by atoms with Crippen LogP contribution in [0.2, 0.25) is 0 Å². The number of nitrogens with one attached hydrogen (secondary N) is 2. The molecule has 2 heterocycles. The number of aliphatic carboxylic acids is 1. The number of hydrogen-bond acceptors (Lipinski definition) is 8. The Morgan fingerprint density at radius 2 is 1.83 bits per heavy atom. The van der Waals surface area contributed by atoms with Crippen LogP contribution in [-0.2, 0) is 15.1 Å². The fraction of sp³-hybridized carbons (Fsp3) is 0.792. The van der Waals surface area contributed by atoms with Crippen LogP contribution in [-0.4, -0.2) is 67.3 Å². The van der Waals surface area contributed by atoms with E-state index in [0.29, 0.717) is 13.0 Å². The number of ether oxygens (including phenoxy) is 1. The molecule has 0 unspecified atom stereocenters. The minimum Gasteiger partial charge on any atom is -0.480 e. The number of aliphatic hydroxyl groups is 1. The summed E-state index contributed by atoms with van der Waals surface area (Å²) < 4.78 is 6.86. The molecule has 0 spiro atoms. The Morgan fingerprint density at radius 1 is 1.17 bits per heavy atom. The molecule has 0 aromatic carbocycles. The Balaban J connectivity index is 1.91. The smallest absolute Gasteiger partial charge is 0.408 e. The van der Waals surface area contributed by atoms with Crippen LogP contribution in [0.1, 0.15) is 102 Å². The molecular formula is C24H39N5O6. The van der Waals surface area contributed by atoms with Gasteiger partial charge >= 0.3 is 12.1 Å². The zero-order valence-electron chi connectivity index (χ0n) is 21.3. The molecule has 1 aromatic rings. The molecule has 1 saturated carbocycles. The second-order valence-electron chi connectivity index (χ2n) is 11.3. The van der Waals surface area contributed by atoms with Crippen molar-refractivity contribution in [1.82, 2.24) is 25.6 Å². The number of ketones is 1. The van der Waals surface area contributed by atoms with Gasteiger partial charge in [0, 0.05) is 6.54 Å². The molecule has 11 nitrogen and oxygen atoms in total. The van der Waals surface area contributed by atoms with Crippen molar-refractivity contribution in [3.8, 4) is 0 Å². The van der Waals surface area contributed by atoms with E-state index in [1.807, 2.05) is 0 Å². The Hall–Kier alpha value is -2.53. The summed E-state index contributed by atoms with van der Waals surface area (Å²) in [6.07, 6.45) is 5.31. The number of aromatic nitrogens is 3. The van der Waals surface area contributed by atoms with Crippen LogP contribution >= 0.6 is 0 Å². The van der Waals surface area contributed by atoms with Gasteiger partial charge in [-0.2, -0.15) is 0 Å². The molecule has 1 aliphatic heterocycles. The molecule has 4 N–H and O–H groups in total. The quantitative estimate of drug-likeness (QED) is 0.400. The van der Waals surface area contributed by atoms with Gasteiger partial charge in [-0.15, -0.1) is 5.10 Å². The lowest BCUT2D eigenvalue weighted by atomic mass is 9.83. The molecule has 196 valence electrons. The number of rotatable bonds is 8. The fourth-order valence-electron chi connectivity index (χ4n) is 4.98. The highest BCUT2D eigenvalue weighted by molar-refractivity contribution is 6.01. The lowest BCUT2D eigenvalue weighted by molar-refractivity contribution is -0.139. The number of Topliss-reactive ketones (excluding diaryl/α,β-unsaturated/α-hetero) is 1. The third-order valence-corrected chi connectivity index (χ3v) is 6.56. The topological polar surface area (TPSA) is 156 Å². The second-order valence-corrected chi connectivity index (χ2v) is 11.3. The van der Waals surface area contributed by atoms with Crippen molar-refractivity contribution in [3.05, 3.63) is 11.4 Å². The van der Waals surface area contributed by atoms with Crippen molar-refractivity contribution in [2.45, 2.75) is 109 Å². The van der Waals surface area contributed by atoms with Crippen LogP contribution in [0.25, 0.3) is 0 Å². The van der Waals surface area contributed by atoms with Crippen LogP contribution in [0.4, 0.5) is 4.79 Å². The van der Waals surface area contributed by atoms with E-state index >= 15 is 0 Å². The Morgan fingerprint density at radius 3 is 2.37 bits per heavy atom. The summed E-state index contributed by atoms with van der Waals surface area (Å²) in [6, 6.07) is -2.01. The first-order valence-electron chi connectivity index (χ1n) is 12.4. The maximum absolute atomic E-state index is 13.8. The molecule has 35 heavy (non-hydrogen) atoms. The third-order valence-electron chi connectivity index (χ3n) is 6.56. The van der Waals surface area contributed by atoms with Gasteiger partial charge in [0.15, 0.2) is 5.69 Å². The summed E-state index contributed by atoms with van der Waals surface area (Å²) in [5.74, 6) is -1.13. The number of carboxylic acids is 1. The molecule has 0 radical (unpaired) electrons. The highest BCUT2D eigenvalue weighted by atomic mass is 16.6. The Bertz CT molecular complexity index is 926. The average molecular weight is 494 g/mol. The van der Waals surface area contributed by atoms with Crippen molar-refractivity contribution < 1.29 is 29.3 Å². The summed E-state index contributed by atoms with van der Waals surface area (Å²) in [4.78, 5) is 37.8. The summed E-state index contributed by atoms with van der Waals surface area (Å²) >= 11 is 0. The van der Waals surface area contributed by atoms with E-state index in [4.69, 9.17) is 4.74 Å². The molecule has 3 rings (SSSR count). The van der Waals surface area contributed by atoms with E-state index in [1.165, 1.54) is 25.0 Å². The van der Waals surface area contributed by atoms with Gasteiger partial charge in [-0.3, -0.25) is 9.59 Å². The van der Waals surface area contributed by atoms with E-state index in [1.54, 1.807) is 20.8 Å². The number of hydrogen-bond donors (Lipinski definition) is 4.